The van der Waals surface area contributed by atoms with Crippen LogP contribution in [-0.2, 0) is 6.54 Å². The number of nitrogens with one attached hydrogen (secondary N) is 1. The molecular formula is C15H21N3. The standard InChI is InChI=1S/C15H21N3/c1-11(2)15-17-13-7-3-4-8-14(13)18(15)10-12-6-5-9-16-12/h3-4,7-8,11-12,16H,5-6,9-10H2,1-2H3. The Morgan fingerprint density at radius 3 is 2.94 bits per heavy atom. The normalized spacial score (nSPS) is 20.1. The molecule has 96 valence electrons. The zero-order chi connectivity index (χ0) is 12.5. The summed E-state index contributed by atoms with van der Waals surface area (Å²) in [7, 11) is 0. The highest BCUT2D eigenvalue weighted by atomic mass is 15.1. The first-order chi connectivity index (χ1) is 8.75. The molecule has 2 heterocycles. The second-order valence-corrected chi connectivity index (χ2v) is 5.52. The summed E-state index contributed by atoms with van der Waals surface area (Å²) in [5.74, 6) is 1.68. The molecule has 1 aliphatic rings. The van der Waals surface area contributed by atoms with Crippen LogP contribution in [-0.4, -0.2) is 22.1 Å². The molecule has 3 rings (SSSR count). The number of hydrogen-bond donors (Lipinski definition) is 1. The fourth-order valence-corrected chi connectivity index (χ4v) is 2.86. The molecule has 18 heavy (non-hydrogen) atoms. The van der Waals surface area contributed by atoms with E-state index in [1.807, 2.05) is 0 Å². The summed E-state index contributed by atoms with van der Waals surface area (Å²) >= 11 is 0. The molecule has 0 aliphatic carbocycles. The van der Waals surface area contributed by atoms with E-state index in [1.165, 1.54) is 24.2 Å². The van der Waals surface area contributed by atoms with Gasteiger partial charge in [0.15, 0.2) is 0 Å². The van der Waals surface area contributed by atoms with E-state index in [2.05, 4.69) is 48.0 Å². The second kappa shape index (κ2) is 4.73. The molecule has 2 aromatic rings. The molecule has 1 aromatic carbocycles. The number of fused-ring (bicyclic) bond motifs is 1. The Hall–Kier alpha value is -1.35. The lowest BCUT2D eigenvalue weighted by molar-refractivity contribution is 0.497. The van der Waals surface area contributed by atoms with E-state index in [-0.39, 0.29) is 0 Å². The quantitative estimate of drug-likeness (QED) is 0.898. The molecule has 0 saturated carbocycles. The minimum absolute atomic E-state index is 0.471. The third kappa shape index (κ3) is 2.03. The SMILES string of the molecule is CC(C)c1nc2ccccc2n1CC1CCCN1. The monoisotopic (exact) mass is 243 g/mol. The van der Waals surface area contributed by atoms with Crippen LogP contribution in [0.5, 0.6) is 0 Å². The topological polar surface area (TPSA) is 29.9 Å². The fourth-order valence-electron chi connectivity index (χ4n) is 2.86. The molecule has 1 saturated heterocycles. The highest BCUT2D eigenvalue weighted by Gasteiger charge is 2.19. The summed E-state index contributed by atoms with van der Waals surface area (Å²) in [4.78, 5) is 4.79. The Morgan fingerprint density at radius 1 is 1.39 bits per heavy atom. The largest absolute Gasteiger partial charge is 0.326 e. The third-order valence-electron chi connectivity index (χ3n) is 3.77. The van der Waals surface area contributed by atoms with Crippen LogP contribution in [0.4, 0.5) is 0 Å². The Morgan fingerprint density at radius 2 is 2.22 bits per heavy atom. The minimum Gasteiger partial charge on any atom is -0.326 e. The summed E-state index contributed by atoms with van der Waals surface area (Å²) in [6.45, 7) is 6.65. The van der Waals surface area contributed by atoms with Gasteiger partial charge in [-0.3, -0.25) is 0 Å². The smallest absolute Gasteiger partial charge is 0.112 e. The van der Waals surface area contributed by atoms with E-state index >= 15 is 0 Å². The van der Waals surface area contributed by atoms with Crippen LogP contribution in [0, 0.1) is 0 Å². The van der Waals surface area contributed by atoms with Gasteiger partial charge in [0.05, 0.1) is 11.0 Å². The molecule has 1 atom stereocenters. The van der Waals surface area contributed by atoms with Gasteiger partial charge in [0, 0.05) is 18.5 Å². The third-order valence-corrected chi connectivity index (χ3v) is 3.77. The van der Waals surface area contributed by atoms with Gasteiger partial charge in [0.2, 0.25) is 0 Å². The maximum atomic E-state index is 4.79. The Kier molecular flexibility index (Phi) is 3.08. The van der Waals surface area contributed by atoms with Gasteiger partial charge in [-0.1, -0.05) is 26.0 Å². The van der Waals surface area contributed by atoms with Crippen molar-refractivity contribution in [2.45, 2.75) is 45.2 Å². The van der Waals surface area contributed by atoms with Crippen molar-refractivity contribution in [3.05, 3.63) is 30.1 Å². The van der Waals surface area contributed by atoms with Crippen molar-refractivity contribution in [3.8, 4) is 0 Å². The van der Waals surface area contributed by atoms with Crippen LogP contribution in [0.1, 0.15) is 38.4 Å². The molecule has 0 radical (unpaired) electrons. The molecule has 1 fully saturated rings. The maximum Gasteiger partial charge on any atom is 0.112 e. The summed E-state index contributed by atoms with van der Waals surface area (Å²) in [6.07, 6.45) is 2.58. The summed E-state index contributed by atoms with van der Waals surface area (Å²) in [6, 6.07) is 9.08. The van der Waals surface area contributed by atoms with Gasteiger partial charge < -0.3 is 9.88 Å². The molecule has 0 amide bonds. The van der Waals surface area contributed by atoms with Crippen LogP contribution in [0.15, 0.2) is 24.3 Å². The Labute approximate surface area is 108 Å². The number of nitrogens with zero attached hydrogens (tertiary/aromatic N) is 2. The van der Waals surface area contributed by atoms with E-state index in [0.717, 1.165) is 18.6 Å². The highest BCUT2D eigenvalue weighted by molar-refractivity contribution is 5.76. The van der Waals surface area contributed by atoms with E-state index in [4.69, 9.17) is 4.98 Å². The number of rotatable bonds is 3. The molecule has 1 aromatic heterocycles. The summed E-state index contributed by atoms with van der Waals surface area (Å²) < 4.78 is 2.41. The predicted octanol–water partition coefficient (Wildman–Crippen LogP) is 2.91. The van der Waals surface area contributed by atoms with Crippen LogP contribution < -0.4 is 5.32 Å². The second-order valence-electron chi connectivity index (χ2n) is 5.52. The molecular weight excluding hydrogens is 222 g/mol. The highest BCUT2D eigenvalue weighted by Crippen LogP contribution is 2.23. The van der Waals surface area contributed by atoms with Crippen molar-refractivity contribution in [3.63, 3.8) is 0 Å². The predicted molar refractivity (Wildman–Crippen MR) is 74.8 cm³/mol. The van der Waals surface area contributed by atoms with Crippen molar-refractivity contribution in [2.24, 2.45) is 0 Å². The first-order valence-corrected chi connectivity index (χ1v) is 6.94. The van der Waals surface area contributed by atoms with Crippen LogP contribution in [0.2, 0.25) is 0 Å². The molecule has 0 spiro atoms. The number of benzene rings is 1. The van der Waals surface area contributed by atoms with Crippen LogP contribution >= 0.6 is 0 Å². The average Bonchev–Trinajstić information content (AvgIpc) is 2.98. The number of imidazole rings is 1. The minimum atomic E-state index is 0.471. The van der Waals surface area contributed by atoms with Gasteiger partial charge in [-0.15, -0.1) is 0 Å². The van der Waals surface area contributed by atoms with Crippen LogP contribution in [0.3, 0.4) is 0 Å². The fraction of sp³-hybridized carbons (Fsp3) is 0.533. The zero-order valence-corrected chi connectivity index (χ0v) is 11.2. The molecule has 1 unspecified atom stereocenters. The maximum absolute atomic E-state index is 4.79. The summed E-state index contributed by atoms with van der Waals surface area (Å²) in [5, 5.41) is 3.58. The Bertz CT molecular complexity index is 536. The van der Waals surface area contributed by atoms with E-state index in [1.54, 1.807) is 0 Å². The molecule has 3 nitrogen and oxygen atoms in total. The van der Waals surface area contributed by atoms with Gasteiger partial charge >= 0.3 is 0 Å². The van der Waals surface area contributed by atoms with E-state index in [9.17, 15) is 0 Å². The lowest BCUT2D eigenvalue weighted by atomic mass is 10.2. The first-order valence-electron chi connectivity index (χ1n) is 6.94. The molecule has 3 heteroatoms. The van der Waals surface area contributed by atoms with Gasteiger partial charge in [0.1, 0.15) is 5.82 Å². The van der Waals surface area contributed by atoms with Gasteiger partial charge in [0.25, 0.3) is 0 Å². The Balaban J connectivity index is 2.03. The zero-order valence-electron chi connectivity index (χ0n) is 11.2. The lowest BCUT2D eigenvalue weighted by Gasteiger charge is -2.16. The number of aromatic nitrogens is 2. The molecule has 0 bridgehead atoms. The van der Waals surface area contributed by atoms with E-state index in [0.29, 0.717) is 12.0 Å². The summed E-state index contributed by atoms with van der Waals surface area (Å²) in [5.41, 5.74) is 2.40. The van der Waals surface area contributed by atoms with E-state index < -0.39 is 0 Å². The van der Waals surface area contributed by atoms with Gasteiger partial charge in [-0.2, -0.15) is 0 Å². The van der Waals surface area contributed by atoms with Crippen molar-refractivity contribution in [1.29, 1.82) is 0 Å². The van der Waals surface area contributed by atoms with Crippen molar-refractivity contribution < 1.29 is 0 Å². The first kappa shape index (κ1) is 11.7. The van der Waals surface area contributed by atoms with Crippen molar-refractivity contribution in [1.82, 2.24) is 14.9 Å². The molecule has 1 N–H and O–H groups in total. The number of para-hydroxylation sites is 2. The molecule has 1 aliphatic heterocycles. The lowest BCUT2D eigenvalue weighted by Crippen LogP contribution is -2.27. The van der Waals surface area contributed by atoms with Gasteiger partial charge in [-0.25, -0.2) is 4.98 Å². The van der Waals surface area contributed by atoms with Crippen molar-refractivity contribution >= 4 is 11.0 Å². The van der Waals surface area contributed by atoms with Gasteiger partial charge in [-0.05, 0) is 31.5 Å². The van der Waals surface area contributed by atoms with Crippen molar-refractivity contribution in [2.75, 3.05) is 6.54 Å². The number of hydrogen-bond acceptors (Lipinski definition) is 2. The average molecular weight is 243 g/mol. The van der Waals surface area contributed by atoms with Crippen LogP contribution in [0.25, 0.3) is 11.0 Å².